The molecule has 3 saturated carbocycles. The highest BCUT2D eigenvalue weighted by atomic mass is 16.5. The van der Waals surface area contributed by atoms with Crippen LogP contribution in [0.5, 0.6) is 0 Å². The van der Waals surface area contributed by atoms with E-state index in [-0.39, 0.29) is 45.0 Å². The van der Waals surface area contributed by atoms with Crippen molar-refractivity contribution < 1.29 is 19.7 Å². The lowest BCUT2D eigenvalue weighted by molar-refractivity contribution is -0.235. The minimum Gasteiger partial charge on any atom is -0.481 e. The summed E-state index contributed by atoms with van der Waals surface area (Å²) in [6, 6.07) is 0. The standard InChI is InChI=1S/C31H50O4/c1-18(2)19(3)27(5)13-14-29(7)21-9-10-24-28(6)16-35-17-31(24,15-23(32)20(28)4)22(21)11-12-30(29,8)25(27)26(33)34/h11,18-21,23-25,32H,9-10,12-17H2,1-8H3,(H,33,34)/t19-,20+,21+,23-,24+,25-,27-,28-,29-,30+,31+/m1/s1. The number of aliphatic hydroxyl groups excluding tert-OH is 1. The molecule has 0 radical (unpaired) electrons. The highest BCUT2D eigenvalue weighted by Gasteiger charge is 2.71. The molecule has 0 spiro atoms. The molecule has 5 aliphatic rings. The first-order valence-electron chi connectivity index (χ1n) is 14.4. The van der Waals surface area contributed by atoms with Crippen molar-refractivity contribution in [3.8, 4) is 0 Å². The van der Waals surface area contributed by atoms with Gasteiger partial charge in [-0.15, -0.1) is 0 Å². The fourth-order valence-electron chi connectivity index (χ4n) is 10.8. The number of ether oxygens (including phenoxy) is 1. The summed E-state index contributed by atoms with van der Waals surface area (Å²) in [4.78, 5) is 13.1. The van der Waals surface area contributed by atoms with Crippen molar-refractivity contribution in [2.24, 2.45) is 62.6 Å². The van der Waals surface area contributed by atoms with E-state index >= 15 is 0 Å². The van der Waals surface area contributed by atoms with Crippen LogP contribution in [0, 0.1) is 62.6 Å². The summed E-state index contributed by atoms with van der Waals surface area (Å²) in [5.41, 5.74) is 0.888. The molecule has 2 N–H and O–H groups in total. The summed E-state index contributed by atoms with van der Waals surface area (Å²) in [6.45, 7) is 19.8. The molecule has 35 heavy (non-hydrogen) atoms. The molecule has 11 atom stereocenters. The van der Waals surface area contributed by atoms with Crippen molar-refractivity contribution in [1.82, 2.24) is 0 Å². The summed E-state index contributed by atoms with van der Waals surface area (Å²) in [5, 5.41) is 22.0. The number of hydrogen-bond donors (Lipinski definition) is 2. The summed E-state index contributed by atoms with van der Waals surface area (Å²) in [7, 11) is 0. The zero-order valence-corrected chi connectivity index (χ0v) is 23.5. The largest absolute Gasteiger partial charge is 0.481 e. The first kappa shape index (κ1) is 25.8. The van der Waals surface area contributed by atoms with Gasteiger partial charge < -0.3 is 14.9 Å². The molecule has 0 unspecified atom stereocenters. The van der Waals surface area contributed by atoms with Crippen molar-refractivity contribution in [2.45, 2.75) is 100 Å². The Morgan fingerprint density at radius 1 is 1.06 bits per heavy atom. The Morgan fingerprint density at radius 3 is 2.37 bits per heavy atom. The van der Waals surface area contributed by atoms with Crippen LogP contribution in [0.3, 0.4) is 0 Å². The van der Waals surface area contributed by atoms with Crippen LogP contribution in [-0.2, 0) is 9.53 Å². The van der Waals surface area contributed by atoms with Gasteiger partial charge in [0.05, 0.1) is 25.2 Å². The van der Waals surface area contributed by atoms with E-state index in [0.717, 1.165) is 45.3 Å². The number of carboxylic acids is 1. The molecular formula is C31H50O4. The zero-order valence-electron chi connectivity index (χ0n) is 23.5. The first-order chi connectivity index (χ1) is 16.2. The fourth-order valence-corrected chi connectivity index (χ4v) is 10.8. The second-order valence-electron chi connectivity index (χ2n) is 14.9. The number of aliphatic carboxylic acids is 1. The van der Waals surface area contributed by atoms with Gasteiger partial charge in [0.25, 0.3) is 0 Å². The highest BCUT2D eigenvalue weighted by molar-refractivity contribution is 5.73. The summed E-state index contributed by atoms with van der Waals surface area (Å²) in [5.74, 6) is 1.02. The molecule has 4 aliphatic carbocycles. The third-order valence-electron chi connectivity index (χ3n) is 13.7. The van der Waals surface area contributed by atoms with Gasteiger partial charge >= 0.3 is 5.97 Å². The summed E-state index contributed by atoms with van der Waals surface area (Å²) >= 11 is 0. The van der Waals surface area contributed by atoms with Crippen molar-refractivity contribution in [3.63, 3.8) is 0 Å². The Kier molecular flexibility index (Phi) is 5.76. The number of carboxylic acid groups (broad SMARTS) is 1. The second kappa shape index (κ2) is 7.82. The average Bonchev–Trinajstić information content (AvgIpc) is 2.77. The fraction of sp³-hybridized carbons (Fsp3) is 0.903. The van der Waals surface area contributed by atoms with Gasteiger partial charge in [-0.1, -0.05) is 67.0 Å². The molecule has 198 valence electrons. The van der Waals surface area contributed by atoms with Crippen molar-refractivity contribution in [2.75, 3.05) is 13.2 Å². The van der Waals surface area contributed by atoms with Gasteiger partial charge in [-0.2, -0.15) is 0 Å². The lowest BCUT2D eigenvalue weighted by Gasteiger charge is -2.71. The van der Waals surface area contributed by atoms with Crippen molar-refractivity contribution in [3.05, 3.63) is 11.6 Å². The number of rotatable bonds is 3. The molecule has 0 aromatic rings. The van der Waals surface area contributed by atoms with Gasteiger partial charge in [0.2, 0.25) is 0 Å². The molecule has 1 heterocycles. The van der Waals surface area contributed by atoms with Crippen LogP contribution in [0.25, 0.3) is 0 Å². The quantitative estimate of drug-likeness (QED) is 0.443. The zero-order chi connectivity index (χ0) is 25.8. The number of fused-ring (bicyclic) bond motifs is 3. The highest BCUT2D eigenvalue weighted by Crippen LogP contribution is 2.75. The average molecular weight is 487 g/mol. The molecule has 1 aliphatic heterocycles. The van der Waals surface area contributed by atoms with Crippen molar-refractivity contribution >= 4 is 5.97 Å². The molecule has 1 saturated heterocycles. The lowest BCUT2D eigenvalue weighted by atomic mass is 9.34. The normalized spacial score (nSPS) is 54.2. The Labute approximate surface area is 213 Å². The van der Waals surface area contributed by atoms with Crippen LogP contribution in [0.4, 0.5) is 0 Å². The Hall–Kier alpha value is -0.870. The molecule has 0 amide bonds. The third kappa shape index (κ3) is 3.02. The molecule has 4 heteroatoms. The van der Waals surface area contributed by atoms with Gasteiger partial charge in [0.15, 0.2) is 0 Å². The number of allylic oxidation sites excluding steroid dienone is 1. The Bertz CT molecular complexity index is 925. The topological polar surface area (TPSA) is 66.8 Å². The van der Waals surface area contributed by atoms with Crippen LogP contribution >= 0.6 is 0 Å². The predicted octanol–water partition coefficient (Wildman–Crippen LogP) is 6.57. The molecule has 0 aromatic heterocycles. The second-order valence-corrected chi connectivity index (χ2v) is 14.9. The van der Waals surface area contributed by atoms with Gasteiger partial charge in [-0.3, -0.25) is 4.79 Å². The van der Waals surface area contributed by atoms with E-state index in [1.165, 1.54) is 12.0 Å². The molecule has 2 bridgehead atoms. The van der Waals surface area contributed by atoms with Gasteiger partial charge in [0, 0.05) is 5.41 Å². The number of aliphatic hydroxyl groups is 1. The molecule has 5 rings (SSSR count). The van der Waals surface area contributed by atoms with Gasteiger partial charge in [-0.05, 0) is 89.8 Å². The molecule has 4 nitrogen and oxygen atoms in total. The van der Waals surface area contributed by atoms with Gasteiger partial charge in [-0.25, -0.2) is 0 Å². The van der Waals surface area contributed by atoms with Gasteiger partial charge in [0.1, 0.15) is 0 Å². The Balaban J connectivity index is 1.62. The maximum absolute atomic E-state index is 13.1. The summed E-state index contributed by atoms with van der Waals surface area (Å²) < 4.78 is 6.37. The lowest BCUT2D eigenvalue weighted by Crippen LogP contribution is -2.68. The minimum atomic E-state index is -0.604. The first-order valence-corrected chi connectivity index (χ1v) is 14.4. The smallest absolute Gasteiger partial charge is 0.307 e. The van der Waals surface area contributed by atoms with Crippen LogP contribution in [-0.4, -0.2) is 35.5 Å². The summed E-state index contributed by atoms with van der Waals surface area (Å²) in [6.07, 6.45) is 8.17. The maximum Gasteiger partial charge on any atom is 0.307 e. The van der Waals surface area contributed by atoms with Crippen LogP contribution in [0.1, 0.15) is 93.9 Å². The number of carbonyl (C=O) groups is 1. The van der Waals surface area contributed by atoms with Crippen LogP contribution < -0.4 is 0 Å². The molecule has 4 fully saturated rings. The molecule has 0 aromatic carbocycles. The monoisotopic (exact) mass is 486 g/mol. The van der Waals surface area contributed by atoms with E-state index < -0.39 is 5.97 Å². The van der Waals surface area contributed by atoms with E-state index in [4.69, 9.17) is 4.74 Å². The van der Waals surface area contributed by atoms with E-state index in [1.807, 2.05) is 0 Å². The van der Waals surface area contributed by atoms with E-state index in [1.54, 1.807) is 0 Å². The SMILES string of the molecule is CC(C)[C@@H](C)[C@@]1(C)CC[C@]2(C)[C@H]3CC[C@@H]4[C@@]5(COC[C@]4(C)[C@@H](C)[C@H](O)C5)C3=CC[C@@]2(C)[C@@H]1C(=O)O. The van der Waals surface area contributed by atoms with E-state index in [0.29, 0.717) is 23.7 Å². The van der Waals surface area contributed by atoms with E-state index in [9.17, 15) is 15.0 Å². The van der Waals surface area contributed by atoms with Crippen LogP contribution in [0.2, 0.25) is 0 Å². The maximum atomic E-state index is 13.1. The van der Waals surface area contributed by atoms with Crippen molar-refractivity contribution in [1.29, 1.82) is 0 Å². The van der Waals surface area contributed by atoms with Crippen LogP contribution in [0.15, 0.2) is 11.6 Å². The minimum absolute atomic E-state index is 0.00478. The van der Waals surface area contributed by atoms with E-state index in [2.05, 4.69) is 61.5 Å². The predicted molar refractivity (Wildman–Crippen MR) is 139 cm³/mol. The number of hydrogen-bond acceptors (Lipinski definition) is 3. The Morgan fingerprint density at radius 2 is 1.74 bits per heavy atom. The molecular weight excluding hydrogens is 436 g/mol. The third-order valence-corrected chi connectivity index (χ3v) is 13.7.